The van der Waals surface area contributed by atoms with Crippen LogP contribution in [0.2, 0.25) is 0 Å². The van der Waals surface area contributed by atoms with Crippen LogP contribution in [0, 0.1) is 0 Å². The lowest BCUT2D eigenvalue weighted by Gasteiger charge is -2.05. The highest BCUT2D eigenvalue weighted by atomic mass is 16.3. The second kappa shape index (κ2) is 3.87. The minimum atomic E-state index is 0.173. The van der Waals surface area contributed by atoms with Crippen LogP contribution in [0.4, 0.5) is 0 Å². The van der Waals surface area contributed by atoms with Gasteiger partial charge in [0.25, 0.3) is 0 Å². The minimum absolute atomic E-state index is 0.173. The van der Waals surface area contributed by atoms with Crippen LogP contribution in [0.25, 0.3) is 22.0 Å². The third-order valence-electron chi connectivity index (χ3n) is 2.71. The van der Waals surface area contributed by atoms with Gasteiger partial charge in [0, 0.05) is 23.3 Å². The second-order valence-electron chi connectivity index (χ2n) is 3.80. The molecule has 3 rings (SSSR count). The molecule has 82 valence electrons. The zero-order chi connectivity index (χ0) is 11.7. The largest absolute Gasteiger partial charge is 0.506 e. The fraction of sp³-hybridized carbons (Fsp3) is 0. The van der Waals surface area contributed by atoms with Crippen molar-refractivity contribution in [3.8, 4) is 17.0 Å². The summed E-state index contributed by atoms with van der Waals surface area (Å²) in [5.74, 6) is 0.173. The quantitative estimate of drug-likeness (QED) is 0.688. The van der Waals surface area contributed by atoms with Crippen molar-refractivity contribution in [2.45, 2.75) is 0 Å². The van der Waals surface area contributed by atoms with Crippen molar-refractivity contribution in [1.29, 1.82) is 0 Å². The molecule has 3 aromatic rings. The van der Waals surface area contributed by atoms with Gasteiger partial charge in [-0.05, 0) is 23.6 Å². The smallest absolute Gasteiger partial charge is 0.133 e. The number of aromatic nitrogens is 2. The van der Waals surface area contributed by atoms with E-state index in [1.54, 1.807) is 18.3 Å². The summed E-state index contributed by atoms with van der Waals surface area (Å²) >= 11 is 0. The molecule has 0 bridgehead atoms. The van der Waals surface area contributed by atoms with Crippen LogP contribution in [0.5, 0.6) is 5.75 Å². The summed E-state index contributed by atoms with van der Waals surface area (Å²) in [5.41, 5.74) is 1.86. The van der Waals surface area contributed by atoms with Crippen LogP contribution in [-0.4, -0.2) is 15.1 Å². The predicted octanol–water partition coefficient (Wildman–Crippen LogP) is 3.00. The highest BCUT2D eigenvalue weighted by Crippen LogP contribution is 2.26. The van der Waals surface area contributed by atoms with Crippen molar-refractivity contribution in [3.05, 3.63) is 55.0 Å². The lowest BCUT2D eigenvalue weighted by Crippen LogP contribution is -1.85. The zero-order valence-electron chi connectivity index (χ0n) is 9.04. The normalized spacial score (nSPS) is 10.6. The Morgan fingerprint density at radius 1 is 0.941 bits per heavy atom. The average Bonchev–Trinajstić information content (AvgIpc) is 2.39. The van der Waals surface area contributed by atoms with Gasteiger partial charge in [-0.2, -0.15) is 0 Å². The third-order valence-corrected chi connectivity index (χ3v) is 2.71. The van der Waals surface area contributed by atoms with E-state index in [0.717, 1.165) is 22.0 Å². The SMILES string of the molecule is Oc1ccc(-c2cccc3ccncc23)nc1. The van der Waals surface area contributed by atoms with Gasteiger partial charge in [-0.25, -0.2) is 0 Å². The van der Waals surface area contributed by atoms with Gasteiger partial charge in [-0.3, -0.25) is 9.97 Å². The van der Waals surface area contributed by atoms with Gasteiger partial charge in [0.1, 0.15) is 5.75 Å². The summed E-state index contributed by atoms with van der Waals surface area (Å²) in [6.45, 7) is 0. The molecule has 0 amide bonds. The lowest BCUT2D eigenvalue weighted by atomic mass is 10.0. The Bertz CT molecular complexity index is 657. The van der Waals surface area contributed by atoms with E-state index in [9.17, 15) is 5.11 Å². The van der Waals surface area contributed by atoms with E-state index in [-0.39, 0.29) is 5.75 Å². The van der Waals surface area contributed by atoms with Crippen LogP contribution < -0.4 is 0 Å². The fourth-order valence-corrected chi connectivity index (χ4v) is 1.88. The molecule has 0 fully saturated rings. The first-order chi connectivity index (χ1) is 8.34. The van der Waals surface area contributed by atoms with Crippen molar-refractivity contribution in [2.24, 2.45) is 0 Å². The first kappa shape index (κ1) is 9.78. The molecule has 1 aromatic carbocycles. The van der Waals surface area contributed by atoms with Crippen molar-refractivity contribution in [3.63, 3.8) is 0 Å². The summed E-state index contributed by atoms with van der Waals surface area (Å²) < 4.78 is 0. The molecular weight excluding hydrogens is 212 g/mol. The summed E-state index contributed by atoms with van der Waals surface area (Å²) in [6, 6.07) is 11.4. The van der Waals surface area contributed by atoms with Crippen molar-refractivity contribution >= 4 is 10.8 Å². The monoisotopic (exact) mass is 222 g/mol. The summed E-state index contributed by atoms with van der Waals surface area (Å²) in [6.07, 6.45) is 5.06. The van der Waals surface area contributed by atoms with Crippen LogP contribution in [0.15, 0.2) is 55.0 Å². The van der Waals surface area contributed by atoms with E-state index in [1.807, 2.05) is 30.5 Å². The van der Waals surface area contributed by atoms with Crippen LogP contribution in [0.1, 0.15) is 0 Å². The highest BCUT2D eigenvalue weighted by molar-refractivity contribution is 5.95. The topological polar surface area (TPSA) is 46.0 Å². The maximum atomic E-state index is 9.24. The van der Waals surface area contributed by atoms with Gasteiger partial charge in [0.2, 0.25) is 0 Å². The molecule has 0 spiro atoms. The van der Waals surface area contributed by atoms with E-state index in [4.69, 9.17) is 0 Å². The van der Waals surface area contributed by atoms with Crippen molar-refractivity contribution in [1.82, 2.24) is 9.97 Å². The number of hydrogen-bond donors (Lipinski definition) is 1. The Balaban J connectivity index is 2.27. The minimum Gasteiger partial charge on any atom is -0.506 e. The standard InChI is InChI=1S/C14H10N2O/c17-11-4-5-14(16-8-11)12-3-1-2-10-6-7-15-9-13(10)12/h1-9,17H. The first-order valence-electron chi connectivity index (χ1n) is 5.33. The number of benzene rings is 1. The maximum absolute atomic E-state index is 9.24. The maximum Gasteiger partial charge on any atom is 0.133 e. The molecule has 2 aromatic heterocycles. The molecule has 0 unspecified atom stereocenters. The second-order valence-corrected chi connectivity index (χ2v) is 3.80. The molecule has 2 heterocycles. The first-order valence-corrected chi connectivity index (χ1v) is 5.33. The van der Waals surface area contributed by atoms with Gasteiger partial charge in [0.05, 0.1) is 11.9 Å². The Morgan fingerprint density at radius 2 is 1.88 bits per heavy atom. The molecule has 0 radical (unpaired) electrons. The number of nitrogens with zero attached hydrogens (tertiary/aromatic N) is 2. The third kappa shape index (κ3) is 1.72. The fourth-order valence-electron chi connectivity index (χ4n) is 1.88. The van der Waals surface area contributed by atoms with Crippen molar-refractivity contribution < 1.29 is 5.11 Å². The number of pyridine rings is 2. The summed E-state index contributed by atoms with van der Waals surface area (Å²) in [7, 11) is 0. The van der Waals surface area contributed by atoms with Crippen LogP contribution in [0.3, 0.4) is 0 Å². The molecule has 0 aliphatic carbocycles. The lowest BCUT2D eigenvalue weighted by molar-refractivity contribution is 0.473. The Labute approximate surface area is 98.4 Å². The van der Waals surface area contributed by atoms with Gasteiger partial charge < -0.3 is 5.11 Å². The summed E-state index contributed by atoms with van der Waals surface area (Å²) in [5, 5.41) is 11.4. The van der Waals surface area contributed by atoms with E-state index in [0.29, 0.717) is 0 Å². The molecule has 0 atom stereocenters. The molecule has 0 aliphatic rings. The molecule has 0 saturated heterocycles. The predicted molar refractivity (Wildman–Crippen MR) is 66.6 cm³/mol. The van der Waals surface area contributed by atoms with Gasteiger partial charge >= 0.3 is 0 Å². The Hall–Kier alpha value is -2.42. The average molecular weight is 222 g/mol. The molecule has 0 saturated carbocycles. The molecule has 3 heteroatoms. The molecule has 17 heavy (non-hydrogen) atoms. The van der Waals surface area contributed by atoms with E-state index < -0.39 is 0 Å². The van der Waals surface area contributed by atoms with Crippen molar-refractivity contribution in [2.75, 3.05) is 0 Å². The van der Waals surface area contributed by atoms with Crippen LogP contribution in [-0.2, 0) is 0 Å². The Kier molecular flexibility index (Phi) is 2.22. The molecular formula is C14H10N2O. The number of fused-ring (bicyclic) bond motifs is 1. The number of rotatable bonds is 1. The summed E-state index contributed by atoms with van der Waals surface area (Å²) in [4.78, 5) is 8.36. The Morgan fingerprint density at radius 3 is 2.71 bits per heavy atom. The van der Waals surface area contributed by atoms with E-state index in [2.05, 4.69) is 9.97 Å². The van der Waals surface area contributed by atoms with Gasteiger partial charge in [0.15, 0.2) is 0 Å². The molecule has 3 nitrogen and oxygen atoms in total. The zero-order valence-corrected chi connectivity index (χ0v) is 9.04. The van der Waals surface area contributed by atoms with Gasteiger partial charge in [-0.15, -0.1) is 0 Å². The van der Waals surface area contributed by atoms with E-state index in [1.165, 1.54) is 6.20 Å². The number of hydrogen-bond acceptors (Lipinski definition) is 3. The highest BCUT2D eigenvalue weighted by Gasteiger charge is 2.04. The molecule has 1 N–H and O–H groups in total. The van der Waals surface area contributed by atoms with E-state index >= 15 is 0 Å². The van der Waals surface area contributed by atoms with Gasteiger partial charge in [-0.1, -0.05) is 18.2 Å². The van der Waals surface area contributed by atoms with Crippen LogP contribution >= 0.6 is 0 Å². The number of aromatic hydroxyl groups is 1. The molecule has 0 aliphatic heterocycles.